The van der Waals surface area contributed by atoms with E-state index in [0.29, 0.717) is 6.61 Å². The molecule has 1 fully saturated rings. The van der Waals surface area contributed by atoms with Gasteiger partial charge in [0, 0.05) is 5.92 Å². The molecule has 1 heterocycles. The van der Waals surface area contributed by atoms with Crippen molar-refractivity contribution in [2.75, 3.05) is 6.61 Å². The summed E-state index contributed by atoms with van der Waals surface area (Å²) in [5.74, 6) is 0.166. The predicted molar refractivity (Wildman–Crippen MR) is 33.9 cm³/mol. The van der Waals surface area contributed by atoms with E-state index in [-0.39, 0.29) is 5.92 Å². The van der Waals surface area contributed by atoms with Gasteiger partial charge in [-0.25, -0.2) is 4.39 Å². The molecule has 0 aromatic heterocycles. The van der Waals surface area contributed by atoms with E-state index in [9.17, 15) is 4.39 Å². The minimum absolute atomic E-state index is 0.166. The molecular weight excluding hydrogens is 119 g/mol. The summed E-state index contributed by atoms with van der Waals surface area (Å²) < 4.78 is 17.4. The van der Waals surface area contributed by atoms with Crippen molar-refractivity contribution in [3.05, 3.63) is 0 Å². The normalized spacial score (nSPS) is 36.7. The average Bonchev–Trinajstić information content (AvgIpc) is 1.89. The molecule has 1 aliphatic rings. The summed E-state index contributed by atoms with van der Waals surface area (Å²) >= 11 is 0. The Kier molecular flexibility index (Phi) is 2.46. The summed E-state index contributed by atoms with van der Waals surface area (Å²) in [6, 6.07) is 0. The third kappa shape index (κ3) is 1.65. The Balaban J connectivity index is 2.30. The minimum atomic E-state index is -0.983. The fraction of sp³-hybridized carbons (Fsp3) is 1.00. The molecule has 1 nitrogen and oxygen atoms in total. The molecule has 0 N–H and O–H groups in total. The van der Waals surface area contributed by atoms with Crippen LogP contribution >= 0.6 is 0 Å². The Morgan fingerprint density at radius 3 is 2.89 bits per heavy atom. The van der Waals surface area contributed by atoms with Gasteiger partial charge in [0.25, 0.3) is 0 Å². The summed E-state index contributed by atoms with van der Waals surface area (Å²) in [6.07, 6.45) is 1.95. The van der Waals surface area contributed by atoms with Gasteiger partial charge in [0.15, 0.2) is 0 Å². The van der Waals surface area contributed by atoms with Crippen LogP contribution in [0, 0.1) is 5.92 Å². The highest BCUT2D eigenvalue weighted by molar-refractivity contribution is 4.64. The van der Waals surface area contributed by atoms with Crippen LogP contribution in [0.1, 0.15) is 26.2 Å². The Morgan fingerprint density at radius 1 is 1.67 bits per heavy atom. The second-order valence-electron chi connectivity index (χ2n) is 2.53. The van der Waals surface area contributed by atoms with Gasteiger partial charge in [-0.3, -0.25) is 0 Å². The van der Waals surface area contributed by atoms with Crippen LogP contribution < -0.4 is 0 Å². The van der Waals surface area contributed by atoms with Crippen molar-refractivity contribution in [3.63, 3.8) is 0 Å². The lowest BCUT2D eigenvalue weighted by Gasteiger charge is -2.24. The van der Waals surface area contributed by atoms with E-state index >= 15 is 0 Å². The highest BCUT2D eigenvalue weighted by Gasteiger charge is 2.22. The largest absolute Gasteiger partial charge is 0.348 e. The third-order valence-electron chi connectivity index (χ3n) is 1.89. The lowest BCUT2D eigenvalue weighted by atomic mass is 9.99. The number of hydrogen-bond acceptors (Lipinski definition) is 1. The van der Waals surface area contributed by atoms with Gasteiger partial charge in [0.2, 0.25) is 6.36 Å². The van der Waals surface area contributed by atoms with Crippen LogP contribution in [0.3, 0.4) is 0 Å². The predicted octanol–water partition coefficient (Wildman–Crippen LogP) is 2.12. The number of halogens is 1. The zero-order chi connectivity index (χ0) is 6.69. The summed E-state index contributed by atoms with van der Waals surface area (Å²) in [7, 11) is 0. The lowest BCUT2D eigenvalue weighted by Crippen LogP contribution is -2.24. The van der Waals surface area contributed by atoms with E-state index in [0.717, 1.165) is 19.3 Å². The Labute approximate surface area is 55.2 Å². The first kappa shape index (κ1) is 7.00. The van der Waals surface area contributed by atoms with Crippen molar-refractivity contribution in [1.82, 2.24) is 0 Å². The highest BCUT2D eigenvalue weighted by Crippen LogP contribution is 2.23. The van der Waals surface area contributed by atoms with Crippen molar-refractivity contribution in [2.45, 2.75) is 32.5 Å². The Bertz CT molecular complexity index is 85.0. The number of ether oxygens (including phenoxy) is 1. The lowest BCUT2D eigenvalue weighted by molar-refractivity contribution is -0.107. The third-order valence-corrected chi connectivity index (χ3v) is 1.89. The maximum Gasteiger partial charge on any atom is 0.201 e. The van der Waals surface area contributed by atoms with Crippen LogP contribution in [0.25, 0.3) is 0 Å². The van der Waals surface area contributed by atoms with E-state index in [1.165, 1.54) is 0 Å². The zero-order valence-corrected chi connectivity index (χ0v) is 5.77. The topological polar surface area (TPSA) is 9.23 Å². The van der Waals surface area contributed by atoms with Crippen molar-refractivity contribution in [3.8, 4) is 0 Å². The molecule has 1 rings (SSSR count). The molecule has 0 aromatic rings. The molecule has 9 heavy (non-hydrogen) atoms. The van der Waals surface area contributed by atoms with E-state index in [2.05, 4.69) is 0 Å². The van der Waals surface area contributed by atoms with E-state index in [4.69, 9.17) is 4.74 Å². The molecular formula is C7H13FO. The second kappa shape index (κ2) is 3.16. The van der Waals surface area contributed by atoms with E-state index in [1.54, 1.807) is 0 Å². The van der Waals surface area contributed by atoms with Crippen LogP contribution in [0.2, 0.25) is 0 Å². The molecule has 0 radical (unpaired) electrons. The molecule has 0 aliphatic carbocycles. The maximum atomic E-state index is 12.6. The minimum Gasteiger partial charge on any atom is -0.348 e. The molecule has 1 saturated heterocycles. The van der Waals surface area contributed by atoms with Gasteiger partial charge in [-0.05, 0) is 19.3 Å². The Hall–Kier alpha value is -0.110. The van der Waals surface area contributed by atoms with Crippen LogP contribution in [0.15, 0.2) is 0 Å². The molecule has 2 unspecified atom stereocenters. The van der Waals surface area contributed by atoms with Crippen LogP contribution in [-0.2, 0) is 4.74 Å². The fourth-order valence-electron chi connectivity index (χ4n) is 1.20. The average molecular weight is 132 g/mol. The fourth-order valence-corrected chi connectivity index (χ4v) is 1.20. The smallest absolute Gasteiger partial charge is 0.201 e. The first-order chi connectivity index (χ1) is 4.34. The van der Waals surface area contributed by atoms with Crippen molar-refractivity contribution >= 4 is 0 Å². The summed E-state index contributed by atoms with van der Waals surface area (Å²) in [5, 5.41) is 0. The second-order valence-corrected chi connectivity index (χ2v) is 2.53. The van der Waals surface area contributed by atoms with E-state index < -0.39 is 6.36 Å². The molecule has 0 spiro atoms. The van der Waals surface area contributed by atoms with Crippen molar-refractivity contribution in [1.29, 1.82) is 0 Å². The van der Waals surface area contributed by atoms with Crippen LogP contribution in [-0.4, -0.2) is 13.0 Å². The van der Waals surface area contributed by atoms with Gasteiger partial charge in [-0.2, -0.15) is 0 Å². The molecule has 0 amide bonds. The first-order valence-corrected chi connectivity index (χ1v) is 3.60. The molecule has 0 saturated carbocycles. The van der Waals surface area contributed by atoms with Crippen LogP contribution in [0.4, 0.5) is 4.39 Å². The standard InChI is InChI=1S/C7H13FO/c1-2-6-4-3-5-9-7(6)8/h6-7H,2-5H2,1H3. The van der Waals surface area contributed by atoms with Gasteiger partial charge >= 0.3 is 0 Å². The maximum absolute atomic E-state index is 12.6. The molecule has 0 bridgehead atoms. The van der Waals surface area contributed by atoms with Gasteiger partial charge < -0.3 is 4.74 Å². The summed E-state index contributed by atoms with van der Waals surface area (Å²) in [5.41, 5.74) is 0. The molecule has 0 aromatic carbocycles. The molecule has 2 heteroatoms. The molecule has 2 atom stereocenters. The first-order valence-electron chi connectivity index (χ1n) is 3.60. The van der Waals surface area contributed by atoms with E-state index in [1.807, 2.05) is 6.92 Å². The van der Waals surface area contributed by atoms with Crippen molar-refractivity contribution < 1.29 is 9.13 Å². The highest BCUT2D eigenvalue weighted by atomic mass is 19.1. The SMILES string of the molecule is CCC1CCCOC1F. The molecule has 54 valence electrons. The summed E-state index contributed by atoms with van der Waals surface area (Å²) in [4.78, 5) is 0. The van der Waals surface area contributed by atoms with Gasteiger partial charge in [0.05, 0.1) is 6.61 Å². The monoisotopic (exact) mass is 132 g/mol. The summed E-state index contributed by atoms with van der Waals surface area (Å²) in [6.45, 7) is 2.61. The van der Waals surface area contributed by atoms with Gasteiger partial charge in [0.1, 0.15) is 0 Å². The van der Waals surface area contributed by atoms with Crippen LogP contribution in [0.5, 0.6) is 0 Å². The Morgan fingerprint density at radius 2 is 2.44 bits per heavy atom. The number of rotatable bonds is 1. The number of alkyl halides is 1. The zero-order valence-electron chi connectivity index (χ0n) is 5.77. The van der Waals surface area contributed by atoms with Crippen molar-refractivity contribution in [2.24, 2.45) is 5.92 Å². The van der Waals surface area contributed by atoms with Gasteiger partial charge in [-0.1, -0.05) is 6.92 Å². The molecule has 1 aliphatic heterocycles. The number of hydrogen-bond donors (Lipinski definition) is 0. The van der Waals surface area contributed by atoms with Gasteiger partial charge in [-0.15, -0.1) is 0 Å². The quantitative estimate of drug-likeness (QED) is 0.531.